The Hall–Kier alpha value is -0.0100. The van der Waals surface area contributed by atoms with Crippen molar-refractivity contribution < 1.29 is 0 Å². The van der Waals surface area contributed by atoms with Crippen LogP contribution in [-0.4, -0.2) is 5.38 Å². The van der Waals surface area contributed by atoms with Crippen LogP contribution in [-0.2, 0) is 0 Å². The summed E-state index contributed by atoms with van der Waals surface area (Å²) in [5.74, 6) is 0.639. The summed E-state index contributed by atoms with van der Waals surface area (Å²) in [7, 11) is 0. The van der Waals surface area contributed by atoms with Gasteiger partial charge >= 0.3 is 0 Å². The number of hydrogen-bond donors (Lipinski definition) is 0. The summed E-state index contributed by atoms with van der Waals surface area (Å²) in [6, 6.07) is 4.34. The molecular weight excluding hydrogens is 188 g/mol. The fourth-order valence-corrected chi connectivity index (χ4v) is 3.33. The lowest BCUT2D eigenvalue weighted by molar-refractivity contribution is 0.455. The van der Waals surface area contributed by atoms with Crippen LogP contribution in [0.3, 0.4) is 0 Å². The Labute approximate surface area is 82.6 Å². The molecule has 1 aliphatic rings. The minimum atomic E-state index is 0.386. The van der Waals surface area contributed by atoms with E-state index in [0.29, 0.717) is 11.3 Å². The van der Waals surface area contributed by atoms with Gasteiger partial charge in [0.05, 0.1) is 0 Å². The first-order valence-corrected chi connectivity index (χ1v) is 5.87. The van der Waals surface area contributed by atoms with Gasteiger partial charge in [-0.2, -0.15) is 0 Å². The summed E-state index contributed by atoms with van der Waals surface area (Å²) in [5.41, 5.74) is 0. The monoisotopic (exact) mass is 200 g/mol. The number of rotatable bonds is 1. The SMILES string of the molecule is ClC1CCCCC1c1cccs1. The zero-order valence-electron chi connectivity index (χ0n) is 7.00. The van der Waals surface area contributed by atoms with Crippen molar-refractivity contribution in [3.8, 4) is 0 Å². The highest BCUT2D eigenvalue weighted by atomic mass is 35.5. The van der Waals surface area contributed by atoms with E-state index in [4.69, 9.17) is 11.6 Å². The molecule has 66 valence electrons. The molecule has 0 aromatic carbocycles. The van der Waals surface area contributed by atoms with E-state index in [9.17, 15) is 0 Å². The molecule has 12 heavy (non-hydrogen) atoms. The molecule has 0 aliphatic heterocycles. The summed E-state index contributed by atoms with van der Waals surface area (Å²) >= 11 is 8.13. The van der Waals surface area contributed by atoms with Gasteiger partial charge in [-0.15, -0.1) is 22.9 Å². The Kier molecular flexibility index (Phi) is 2.72. The van der Waals surface area contributed by atoms with Gasteiger partial charge in [-0.25, -0.2) is 0 Å². The third-order valence-electron chi connectivity index (χ3n) is 2.59. The molecule has 1 aromatic heterocycles. The van der Waals surface area contributed by atoms with Crippen molar-refractivity contribution in [1.82, 2.24) is 0 Å². The van der Waals surface area contributed by atoms with E-state index >= 15 is 0 Å². The van der Waals surface area contributed by atoms with Crippen LogP contribution in [0.25, 0.3) is 0 Å². The molecule has 2 heteroatoms. The second-order valence-corrected chi connectivity index (χ2v) is 4.96. The van der Waals surface area contributed by atoms with E-state index in [-0.39, 0.29) is 0 Å². The quantitative estimate of drug-likeness (QED) is 0.601. The highest BCUT2D eigenvalue weighted by Gasteiger charge is 2.24. The van der Waals surface area contributed by atoms with Crippen LogP contribution in [0.1, 0.15) is 36.5 Å². The van der Waals surface area contributed by atoms with Crippen molar-refractivity contribution in [2.24, 2.45) is 0 Å². The molecule has 1 aliphatic carbocycles. The van der Waals surface area contributed by atoms with Gasteiger partial charge in [-0.3, -0.25) is 0 Å². The summed E-state index contributed by atoms with van der Waals surface area (Å²) in [4.78, 5) is 1.48. The lowest BCUT2D eigenvalue weighted by Crippen LogP contribution is -2.16. The average Bonchev–Trinajstić information content (AvgIpc) is 2.57. The number of thiophene rings is 1. The van der Waals surface area contributed by atoms with E-state index in [0.717, 1.165) is 0 Å². The van der Waals surface area contributed by atoms with Gasteiger partial charge < -0.3 is 0 Å². The Bertz CT molecular complexity index is 230. The molecule has 0 nitrogen and oxygen atoms in total. The molecule has 0 amide bonds. The van der Waals surface area contributed by atoms with E-state index in [2.05, 4.69) is 17.5 Å². The first-order valence-electron chi connectivity index (χ1n) is 4.55. The highest BCUT2D eigenvalue weighted by molar-refractivity contribution is 7.10. The molecule has 2 unspecified atom stereocenters. The van der Waals surface area contributed by atoms with Gasteiger partial charge in [0.1, 0.15) is 0 Å². The smallest absolute Gasteiger partial charge is 0.0412 e. The van der Waals surface area contributed by atoms with Crippen LogP contribution >= 0.6 is 22.9 Å². The second kappa shape index (κ2) is 3.80. The first kappa shape index (κ1) is 8.58. The standard InChI is InChI=1S/C10H13ClS/c11-9-5-2-1-4-8(9)10-6-3-7-12-10/h3,6-9H,1-2,4-5H2. The van der Waals surface area contributed by atoms with Crippen LogP contribution < -0.4 is 0 Å². The molecule has 1 aromatic rings. The Morgan fingerprint density at radius 1 is 1.33 bits per heavy atom. The largest absolute Gasteiger partial charge is 0.149 e. The Morgan fingerprint density at radius 3 is 2.83 bits per heavy atom. The highest BCUT2D eigenvalue weighted by Crippen LogP contribution is 2.38. The van der Waals surface area contributed by atoms with Crippen LogP contribution in [0.2, 0.25) is 0 Å². The van der Waals surface area contributed by atoms with Crippen molar-refractivity contribution in [1.29, 1.82) is 0 Å². The van der Waals surface area contributed by atoms with E-state index in [1.54, 1.807) is 0 Å². The van der Waals surface area contributed by atoms with Crippen molar-refractivity contribution in [2.45, 2.75) is 37.0 Å². The molecular formula is C10H13ClS. The van der Waals surface area contributed by atoms with Crippen molar-refractivity contribution in [2.75, 3.05) is 0 Å². The van der Waals surface area contributed by atoms with Gasteiger partial charge in [-0.1, -0.05) is 18.9 Å². The maximum absolute atomic E-state index is 6.28. The number of alkyl halides is 1. The lowest BCUT2D eigenvalue weighted by atomic mass is 9.88. The number of hydrogen-bond acceptors (Lipinski definition) is 1. The number of halogens is 1. The predicted octanol–water partition coefficient (Wildman–Crippen LogP) is 4.01. The summed E-state index contributed by atoms with van der Waals surface area (Å²) < 4.78 is 0. The summed E-state index contributed by atoms with van der Waals surface area (Å²) in [6.45, 7) is 0. The van der Waals surface area contributed by atoms with E-state index in [1.165, 1.54) is 30.6 Å². The lowest BCUT2D eigenvalue weighted by Gasteiger charge is -2.25. The Morgan fingerprint density at radius 2 is 2.17 bits per heavy atom. The minimum absolute atomic E-state index is 0.386. The normalized spacial score (nSPS) is 30.4. The fraction of sp³-hybridized carbons (Fsp3) is 0.600. The van der Waals surface area contributed by atoms with Gasteiger partial charge in [-0.05, 0) is 24.3 Å². The van der Waals surface area contributed by atoms with Crippen molar-refractivity contribution >= 4 is 22.9 Å². The van der Waals surface area contributed by atoms with Gasteiger partial charge in [0, 0.05) is 16.2 Å². The molecule has 0 radical (unpaired) electrons. The molecule has 1 heterocycles. The predicted molar refractivity (Wildman–Crippen MR) is 55.2 cm³/mol. The second-order valence-electron chi connectivity index (χ2n) is 3.42. The van der Waals surface area contributed by atoms with Crippen LogP contribution in [0.15, 0.2) is 17.5 Å². The summed E-state index contributed by atoms with van der Waals surface area (Å²) in [6.07, 6.45) is 5.15. The molecule has 1 fully saturated rings. The van der Waals surface area contributed by atoms with E-state index < -0.39 is 0 Å². The average molecular weight is 201 g/mol. The molecule has 0 N–H and O–H groups in total. The van der Waals surface area contributed by atoms with Crippen molar-refractivity contribution in [3.05, 3.63) is 22.4 Å². The van der Waals surface area contributed by atoms with E-state index in [1.807, 2.05) is 11.3 Å². The third-order valence-corrected chi connectivity index (χ3v) is 4.12. The van der Waals surface area contributed by atoms with Gasteiger partial charge in [0.25, 0.3) is 0 Å². The van der Waals surface area contributed by atoms with Crippen LogP contribution in [0.4, 0.5) is 0 Å². The van der Waals surface area contributed by atoms with Gasteiger partial charge in [0.15, 0.2) is 0 Å². The van der Waals surface area contributed by atoms with Crippen LogP contribution in [0, 0.1) is 0 Å². The topological polar surface area (TPSA) is 0 Å². The molecule has 2 atom stereocenters. The summed E-state index contributed by atoms with van der Waals surface area (Å²) in [5, 5.41) is 2.53. The molecule has 0 spiro atoms. The third kappa shape index (κ3) is 1.67. The Balaban J connectivity index is 2.11. The maximum Gasteiger partial charge on any atom is 0.0412 e. The van der Waals surface area contributed by atoms with Crippen molar-refractivity contribution in [3.63, 3.8) is 0 Å². The first-order chi connectivity index (χ1) is 5.88. The zero-order chi connectivity index (χ0) is 8.39. The zero-order valence-corrected chi connectivity index (χ0v) is 8.57. The molecule has 2 rings (SSSR count). The minimum Gasteiger partial charge on any atom is -0.149 e. The maximum atomic E-state index is 6.28. The molecule has 0 bridgehead atoms. The van der Waals surface area contributed by atoms with Crippen LogP contribution in [0.5, 0.6) is 0 Å². The fourth-order valence-electron chi connectivity index (χ4n) is 1.91. The molecule has 1 saturated carbocycles. The molecule has 0 saturated heterocycles. The van der Waals surface area contributed by atoms with Gasteiger partial charge in [0.2, 0.25) is 0 Å².